The van der Waals surface area contributed by atoms with Gasteiger partial charge in [0.15, 0.2) is 0 Å². The van der Waals surface area contributed by atoms with Crippen LogP contribution in [0.5, 0.6) is 0 Å². The van der Waals surface area contributed by atoms with Gasteiger partial charge in [-0.15, -0.1) is 0 Å². The number of amides is 2. The van der Waals surface area contributed by atoms with Crippen LogP contribution in [-0.2, 0) is 14.3 Å². The lowest BCUT2D eigenvalue weighted by Crippen LogP contribution is -2.47. The van der Waals surface area contributed by atoms with Crippen molar-refractivity contribution in [3.8, 4) is 6.07 Å². The lowest BCUT2D eigenvalue weighted by molar-refractivity contribution is -0.131. The van der Waals surface area contributed by atoms with Gasteiger partial charge in [0.25, 0.3) is 0 Å². The first-order valence-corrected chi connectivity index (χ1v) is 10.1. The van der Waals surface area contributed by atoms with E-state index in [0.717, 1.165) is 45.6 Å². The molecule has 0 N–H and O–H groups in total. The van der Waals surface area contributed by atoms with Gasteiger partial charge >= 0.3 is 0 Å². The maximum absolute atomic E-state index is 11.2. The van der Waals surface area contributed by atoms with Crippen LogP contribution in [0, 0.1) is 11.3 Å². The number of rotatable bonds is 5. The number of carbonyl (C=O) groups is 2. The van der Waals surface area contributed by atoms with Crippen molar-refractivity contribution in [2.45, 2.75) is 53.1 Å². The fraction of sp³-hybridized carbons (Fsp3) is 0.800. The largest absolute Gasteiger partial charge is 0.376 e. The van der Waals surface area contributed by atoms with Gasteiger partial charge < -0.3 is 19.4 Å². The molecule has 1 unspecified atom stereocenters. The third kappa shape index (κ3) is 10.9. The Morgan fingerprint density at radius 3 is 2.32 bits per heavy atom. The predicted molar refractivity (Wildman–Crippen MR) is 111 cm³/mol. The molecule has 1 atom stereocenters. The van der Waals surface area contributed by atoms with E-state index in [-0.39, 0.29) is 17.9 Å². The highest BCUT2D eigenvalue weighted by molar-refractivity contribution is 5.73. The van der Waals surface area contributed by atoms with Crippen LogP contribution in [-0.4, -0.2) is 91.9 Å². The van der Waals surface area contributed by atoms with Gasteiger partial charge in [-0.1, -0.05) is 13.8 Å². The molecule has 0 aromatic heterocycles. The van der Waals surface area contributed by atoms with E-state index in [4.69, 9.17) is 10.00 Å². The maximum Gasteiger partial charge on any atom is 0.219 e. The normalized spacial score (nSPS) is 18.5. The summed E-state index contributed by atoms with van der Waals surface area (Å²) in [6.45, 7) is 12.5. The summed E-state index contributed by atoms with van der Waals surface area (Å²) >= 11 is 0. The van der Waals surface area contributed by atoms with Crippen LogP contribution in [0.3, 0.4) is 0 Å². The molecule has 0 aromatic carbocycles. The minimum atomic E-state index is 0.0238. The summed E-state index contributed by atoms with van der Waals surface area (Å²) in [4.78, 5) is 31.7. The summed E-state index contributed by atoms with van der Waals surface area (Å²) in [5.41, 5.74) is 0. The molecule has 160 valence electrons. The molecular weight excluding hydrogens is 358 g/mol. The van der Waals surface area contributed by atoms with E-state index in [0.29, 0.717) is 19.5 Å². The Morgan fingerprint density at radius 1 is 1.25 bits per heavy atom. The number of nitrogens with zero attached hydrogens (tertiary/aromatic N) is 5. The molecule has 2 rings (SSSR count). The van der Waals surface area contributed by atoms with Crippen molar-refractivity contribution in [3.05, 3.63) is 0 Å². The van der Waals surface area contributed by atoms with Crippen molar-refractivity contribution in [3.63, 3.8) is 0 Å². The summed E-state index contributed by atoms with van der Waals surface area (Å²) in [6.07, 6.45) is 4.51. The predicted octanol–water partition coefficient (Wildman–Crippen LogP) is 1.76. The van der Waals surface area contributed by atoms with Crippen LogP contribution in [0.4, 0.5) is 0 Å². The van der Waals surface area contributed by atoms with E-state index >= 15 is 0 Å². The average molecular weight is 396 g/mol. The molecule has 2 fully saturated rings. The van der Waals surface area contributed by atoms with Gasteiger partial charge in [0.2, 0.25) is 11.8 Å². The van der Waals surface area contributed by atoms with E-state index in [1.165, 1.54) is 6.92 Å². The topological polar surface area (TPSA) is 89.2 Å². The minimum Gasteiger partial charge on any atom is -0.376 e. The molecule has 8 heteroatoms. The SMILES string of the molecule is CC.CC(=O)N(CCC#N)CC1CCCO1.CN=CN1CCN(C(C)=O)CC1. The van der Waals surface area contributed by atoms with Gasteiger partial charge in [-0.25, -0.2) is 0 Å². The fourth-order valence-corrected chi connectivity index (χ4v) is 2.91. The first kappa shape index (κ1) is 25.9. The van der Waals surface area contributed by atoms with E-state index in [2.05, 4.69) is 9.89 Å². The van der Waals surface area contributed by atoms with Gasteiger partial charge in [-0.3, -0.25) is 14.6 Å². The van der Waals surface area contributed by atoms with Crippen molar-refractivity contribution in [1.29, 1.82) is 5.26 Å². The van der Waals surface area contributed by atoms with Crippen LogP contribution in [0.1, 0.15) is 47.0 Å². The van der Waals surface area contributed by atoms with E-state index in [1.54, 1.807) is 18.9 Å². The summed E-state index contributed by atoms with van der Waals surface area (Å²) in [5, 5.41) is 8.44. The van der Waals surface area contributed by atoms with Crippen LogP contribution in [0.15, 0.2) is 4.99 Å². The van der Waals surface area contributed by atoms with Crippen molar-refractivity contribution in [1.82, 2.24) is 14.7 Å². The Labute approximate surface area is 170 Å². The number of ether oxygens (including phenoxy) is 1. The molecule has 0 spiro atoms. The highest BCUT2D eigenvalue weighted by Gasteiger charge is 2.20. The van der Waals surface area contributed by atoms with Gasteiger partial charge in [-0.2, -0.15) is 5.26 Å². The third-order valence-electron chi connectivity index (χ3n) is 4.43. The van der Waals surface area contributed by atoms with Crippen LogP contribution in [0.25, 0.3) is 0 Å². The minimum absolute atomic E-state index is 0.0238. The van der Waals surface area contributed by atoms with Crippen LogP contribution in [0.2, 0.25) is 0 Å². The van der Waals surface area contributed by atoms with Crippen molar-refractivity contribution in [2.24, 2.45) is 4.99 Å². The molecule has 28 heavy (non-hydrogen) atoms. The van der Waals surface area contributed by atoms with Crippen molar-refractivity contribution in [2.75, 3.05) is 52.9 Å². The second-order valence-corrected chi connectivity index (χ2v) is 6.42. The smallest absolute Gasteiger partial charge is 0.219 e. The van der Waals surface area contributed by atoms with Gasteiger partial charge in [0, 0.05) is 66.8 Å². The Balaban J connectivity index is 0.000000483. The van der Waals surface area contributed by atoms with Crippen molar-refractivity contribution >= 4 is 18.2 Å². The fourth-order valence-electron chi connectivity index (χ4n) is 2.91. The molecule has 2 heterocycles. The number of hydrogen-bond acceptors (Lipinski definition) is 5. The number of piperazine rings is 1. The lowest BCUT2D eigenvalue weighted by Gasteiger charge is -2.32. The molecule has 2 aliphatic rings. The quantitative estimate of drug-likeness (QED) is 0.523. The standard InChI is InChI=1S/C10H16N2O2.C8H15N3O.C2H6/c1-9(13)12(6-3-5-11)8-10-4-2-7-14-10;1-8(12)11-5-3-10(4-6-11)7-9-2;1-2/h10H,2-4,6-8H2,1H3;7H,3-6H2,1-2H3;1-2H3. The zero-order valence-electron chi connectivity index (χ0n) is 18.2. The Bertz CT molecular complexity index is 504. The lowest BCUT2D eigenvalue weighted by atomic mass is 10.2. The average Bonchev–Trinajstić information content (AvgIpc) is 3.21. The monoisotopic (exact) mass is 395 g/mol. The molecule has 2 saturated heterocycles. The highest BCUT2D eigenvalue weighted by atomic mass is 16.5. The van der Waals surface area contributed by atoms with Crippen LogP contribution < -0.4 is 0 Å². The molecule has 0 saturated carbocycles. The summed E-state index contributed by atoms with van der Waals surface area (Å²) in [5.74, 6) is 0.193. The Morgan fingerprint density at radius 2 is 1.89 bits per heavy atom. The number of aliphatic imine (C=N–C) groups is 1. The third-order valence-corrected chi connectivity index (χ3v) is 4.43. The molecule has 2 aliphatic heterocycles. The van der Waals surface area contributed by atoms with Crippen molar-refractivity contribution < 1.29 is 14.3 Å². The maximum atomic E-state index is 11.2. The molecule has 0 bridgehead atoms. The Kier molecular flexibility index (Phi) is 14.7. The molecular formula is C20H37N5O3. The zero-order valence-corrected chi connectivity index (χ0v) is 18.2. The van der Waals surface area contributed by atoms with E-state index in [1.807, 2.05) is 31.2 Å². The number of carbonyl (C=O) groups excluding carboxylic acids is 2. The number of hydrogen-bond donors (Lipinski definition) is 0. The molecule has 2 amide bonds. The zero-order chi connectivity index (χ0) is 21.4. The highest BCUT2D eigenvalue weighted by Crippen LogP contribution is 2.13. The summed E-state index contributed by atoms with van der Waals surface area (Å²) < 4.78 is 5.44. The number of nitriles is 1. The molecule has 0 radical (unpaired) electrons. The molecule has 8 nitrogen and oxygen atoms in total. The first-order chi connectivity index (χ1) is 13.5. The second-order valence-electron chi connectivity index (χ2n) is 6.42. The second kappa shape index (κ2) is 15.9. The Hall–Kier alpha value is -2.14. The molecule has 0 aliphatic carbocycles. The van der Waals surface area contributed by atoms with E-state index < -0.39 is 0 Å². The van der Waals surface area contributed by atoms with Crippen LogP contribution >= 0.6 is 0 Å². The first-order valence-electron chi connectivity index (χ1n) is 10.1. The van der Waals surface area contributed by atoms with Gasteiger partial charge in [0.05, 0.1) is 24.9 Å². The van der Waals surface area contributed by atoms with Gasteiger partial charge in [-0.05, 0) is 12.8 Å². The summed E-state index contributed by atoms with van der Waals surface area (Å²) in [7, 11) is 1.76. The van der Waals surface area contributed by atoms with Gasteiger partial charge in [0.1, 0.15) is 0 Å². The summed E-state index contributed by atoms with van der Waals surface area (Å²) in [6, 6.07) is 2.04. The molecule has 0 aromatic rings. The van der Waals surface area contributed by atoms with E-state index in [9.17, 15) is 9.59 Å².